The zero-order valence-corrected chi connectivity index (χ0v) is 16.2. The average molecular weight is 369 g/mol. The third-order valence-electron chi connectivity index (χ3n) is 5.88. The number of hydrogen-bond donors (Lipinski definition) is 0. The van der Waals surface area contributed by atoms with Gasteiger partial charge in [-0.05, 0) is 62.1 Å². The molecule has 0 N–H and O–H groups in total. The standard InChI is InChI=1S/C24H23N3O/c1-16-13-18-7-3-5-9-22(18)26(16)20-11-12-21(25-15-20)24(28)27-17(2)14-19-8-4-6-10-23(19)27/h3-12,15-17H,13-14H2,1-2H3. The molecule has 4 heteroatoms. The van der Waals surface area contributed by atoms with Crippen molar-refractivity contribution in [2.75, 3.05) is 9.80 Å². The van der Waals surface area contributed by atoms with Crippen LogP contribution in [-0.4, -0.2) is 23.0 Å². The van der Waals surface area contributed by atoms with Gasteiger partial charge < -0.3 is 9.80 Å². The summed E-state index contributed by atoms with van der Waals surface area (Å²) < 4.78 is 0. The lowest BCUT2D eigenvalue weighted by Gasteiger charge is -2.25. The van der Waals surface area contributed by atoms with E-state index in [1.807, 2.05) is 41.4 Å². The topological polar surface area (TPSA) is 36.4 Å². The third-order valence-corrected chi connectivity index (χ3v) is 5.88. The Morgan fingerprint density at radius 2 is 1.50 bits per heavy atom. The van der Waals surface area contributed by atoms with Crippen LogP contribution in [0, 0.1) is 0 Å². The Hall–Kier alpha value is -3.14. The molecule has 0 aliphatic carbocycles. The summed E-state index contributed by atoms with van der Waals surface area (Å²) in [5.41, 5.74) is 6.35. The van der Waals surface area contributed by atoms with E-state index in [1.54, 1.807) is 0 Å². The minimum absolute atomic E-state index is 0.0288. The maximum absolute atomic E-state index is 13.2. The number of anilines is 3. The number of rotatable bonds is 2. The van der Waals surface area contributed by atoms with Crippen LogP contribution in [0.1, 0.15) is 35.5 Å². The maximum Gasteiger partial charge on any atom is 0.277 e. The minimum Gasteiger partial charge on any atom is -0.337 e. The smallest absolute Gasteiger partial charge is 0.277 e. The van der Waals surface area contributed by atoms with Crippen molar-refractivity contribution >= 4 is 23.0 Å². The van der Waals surface area contributed by atoms with Gasteiger partial charge in [0.25, 0.3) is 5.91 Å². The number of pyridine rings is 1. The minimum atomic E-state index is -0.0288. The Labute approximate surface area is 165 Å². The average Bonchev–Trinajstić information content (AvgIpc) is 3.22. The van der Waals surface area contributed by atoms with Gasteiger partial charge in [0.2, 0.25) is 0 Å². The molecule has 0 saturated heterocycles. The van der Waals surface area contributed by atoms with E-state index in [0.717, 1.165) is 24.2 Å². The summed E-state index contributed by atoms with van der Waals surface area (Å²) >= 11 is 0. The van der Waals surface area contributed by atoms with Crippen LogP contribution in [0.15, 0.2) is 66.9 Å². The molecule has 0 saturated carbocycles. The zero-order chi connectivity index (χ0) is 19.3. The fourth-order valence-corrected chi connectivity index (χ4v) is 4.61. The maximum atomic E-state index is 13.2. The molecule has 0 radical (unpaired) electrons. The number of nitrogens with zero attached hydrogens (tertiary/aromatic N) is 3. The highest BCUT2D eigenvalue weighted by Gasteiger charge is 2.32. The number of carbonyl (C=O) groups is 1. The number of benzene rings is 2. The number of hydrogen-bond acceptors (Lipinski definition) is 3. The van der Waals surface area contributed by atoms with Crippen molar-refractivity contribution in [3.05, 3.63) is 83.7 Å². The molecule has 0 fully saturated rings. The van der Waals surface area contributed by atoms with Gasteiger partial charge in [-0.1, -0.05) is 36.4 Å². The van der Waals surface area contributed by atoms with Gasteiger partial charge in [0.05, 0.1) is 11.9 Å². The number of aromatic nitrogens is 1. The first kappa shape index (κ1) is 17.0. The molecule has 2 aliphatic rings. The van der Waals surface area contributed by atoms with Crippen molar-refractivity contribution in [2.45, 2.75) is 38.8 Å². The van der Waals surface area contributed by atoms with Crippen molar-refractivity contribution in [1.82, 2.24) is 4.98 Å². The second-order valence-corrected chi connectivity index (χ2v) is 7.81. The molecule has 3 aromatic rings. The molecule has 3 heterocycles. The van der Waals surface area contributed by atoms with Gasteiger partial charge in [-0.2, -0.15) is 0 Å². The number of para-hydroxylation sites is 2. The number of amides is 1. The number of carbonyl (C=O) groups excluding carboxylic acids is 1. The summed E-state index contributed by atoms with van der Waals surface area (Å²) in [6, 6.07) is 21.0. The predicted octanol–water partition coefficient (Wildman–Crippen LogP) is 4.76. The fraction of sp³-hybridized carbons (Fsp3) is 0.250. The molecular formula is C24H23N3O. The summed E-state index contributed by atoms with van der Waals surface area (Å²) in [6.45, 7) is 4.32. The Bertz CT molecular complexity index is 1040. The van der Waals surface area contributed by atoms with E-state index >= 15 is 0 Å². The van der Waals surface area contributed by atoms with Crippen LogP contribution in [-0.2, 0) is 12.8 Å². The highest BCUT2D eigenvalue weighted by molar-refractivity contribution is 6.06. The van der Waals surface area contributed by atoms with Crippen LogP contribution in [0.3, 0.4) is 0 Å². The van der Waals surface area contributed by atoms with E-state index in [1.165, 1.54) is 16.8 Å². The molecule has 0 bridgehead atoms. The Kier molecular flexibility index (Phi) is 3.93. The fourth-order valence-electron chi connectivity index (χ4n) is 4.61. The van der Waals surface area contributed by atoms with Crippen molar-refractivity contribution in [2.24, 2.45) is 0 Å². The molecule has 2 aliphatic heterocycles. The van der Waals surface area contributed by atoms with Gasteiger partial charge in [0.15, 0.2) is 0 Å². The van der Waals surface area contributed by atoms with Crippen molar-refractivity contribution in [3.63, 3.8) is 0 Å². The molecule has 1 amide bonds. The van der Waals surface area contributed by atoms with Crippen molar-refractivity contribution < 1.29 is 4.79 Å². The molecule has 2 atom stereocenters. The van der Waals surface area contributed by atoms with E-state index in [-0.39, 0.29) is 11.9 Å². The van der Waals surface area contributed by atoms with Gasteiger partial charge in [-0.25, -0.2) is 4.98 Å². The molecule has 4 nitrogen and oxygen atoms in total. The van der Waals surface area contributed by atoms with E-state index in [0.29, 0.717) is 11.7 Å². The van der Waals surface area contributed by atoms with Crippen LogP contribution in [0.2, 0.25) is 0 Å². The normalized spacial score (nSPS) is 20.2. The molecule has 140 valence electrons. The highest BCUT2D eigenvalue weighted by Crippen LogP contribution is 2.38. The lowest BCUT2D eigenvalue weighted by Crippen LogP contribution is -2.36. The Balaban J connectivity index is 1.44. The summed E-state index contributed by atoms with van der Waals surface area (Å²) in [4.78, 5) is 21.9. The van der Waals surface area contributed by atoms with Gasteiger partial charge in [-0.3, -0.25) is 4.79 Å². The predicted molar refractivity (Wildman–Crippen MR) is 112 cm³/mol. The molecule has 28 heavy (non-hydrogen) atoms. The first-order valence-electron chi connectivity index (χ1n) is 9.88. The van der Waals surface area contributed by atoms with E-state index in [9.17, 15) is 4.79 Å². The first-order chi connectivity index (χ1) is 13.6. The molecule has 2 aromatic carbocycles. The van der Waals surface area contributed by atoms with Gasteiger partial charge >= 0.3 is 0 Å². The second-order valence-electron chi connectivity index (χ2n) is 7.81. The van der Waals surface area contributed by atoms with Crippen molar-refractivity contribution in [3.8, 4) is 0 Å². The highest BCUT2D eigenvalue weighted by atomic mass is 16.2. The lowest BCUT2D eigenvalue weighted by atomic mass is 10.1. The summed E-state index contributed by atoms with van der Waals surface area (Å²) in [6.07, 6.45) is 3.75. The SMILES string of the molecule is CC1Cc2ccccc2N1C(=O)c1ccc(N2c3ccccc3CC2C)cn1. The second kappa shape index (κ2) is 6.48. The van der Waals surface area contributed by atoms with Gasteiger partial charge in [0.1, 0.15) is 5.69 Å². The van der Waals surface area contributed by atoms with Gasteiger partial charge in [-0.15, -0.1) is 0 Å². The molecule has 0 spiro atoms. The third kappa shape index (κ3) is 2.60. The Morgan fingerprint density at radius 1 is 0.857 bits per heavy atom. The van der Waals surface area contributed by atoms with E-state index < -0.39 is 0 Å². The van der Waals surface area contributed by atoms with E-state index in [4.69, 9.17) is 0 Å². The molecule has 2 unspecified atom stereocenters. The summed E-state index contributed by atoms with van der Waals surface area (Å²) in [5.74, 6) is -0.0288. The van der Waals surface area contributed by atoms with Crippen LogP contribution >= 0.6 is 0 Å². The van der Waals surface area contributed by atoms with Crippen LogP contribution in [0.4, 0.5) is 17.1 Å². The molecule has 5 rings (SSSR count). The summed E-state index contributed by atoms with van der Waals surface area (Å²) in [5, 5.41) is 0. The molecular weight excluding hydrogens is 346 g/mol. The largest absolute Gasteiger partial charge is 0.337 e. The van der Waals surface area contributed by atoms with Crippen LogP contribution in [0.5, 0.6) is 0 Å². The molecule has 1 aromatic heterocycles. The quantitative estimate of drug-likeness (QED) is 0.654. The zero-order valence-electron chi connectivity index (χ0n) is 16.2. The van der Waals surface area contributed by atoms with Gasteiger partial charge in [0, 0.05) is 23.5 Å². The van der Waals surface area contributed by atoms with Crippen molar-refractivity contribution in [1.29, 1.82) is 0 Å². The van der Waals surface area contributed by atoms with E-state index in [2.05, 4.69) is 54.1 Å². The lowest BCUT2D eigenvalue weighted by molar-refractivity contribution is 0.0976. The summed E-state index contributed by atoms with van der Waals surface area (Å²) in [7, 11) is 0. The monoisotopic (exact) mass is 369 g/mol. The van der Waals surface area contributed by atoms with Crippen LogP contribution in [0.25, 0.3) is 0 Å². The number of fused-ring (bicyclic) bond motifs is 2. The van der Waals surface area contributed by atoms with Crippen LogP contribution < -0.4 is 9.80 Å². The first-order valence-corrected chi connectivity index (χ1v) is 9.88. The Morgan fingerprint density at radius 3 is 2.21 bits per heavy atom.